The predicted octanol–water partition coefficient (Wildman–Crippen LogP) is 1.73. The molecule has 20 heavy (non-hydrogen) atoms. The number of hydrogen-bond donors (Lipinski definition) is 2. The van der Waals surface area contributed by atoms with Gasteiger partial charge in [0.15, 0.2) is 0 Å². The van der Waals surface area contributed by atoms with Gasteiger partial charge in [0, 0.05) is 25.1 Å². The summed E-state index contributed by atoms with van der Waals surface area (Å²) >= 11 is 1.68. The minimum Gasteiger partial charge on any atom is -0.378 e. The Hall–Kier alpha value is -0.910. The molecule has 0 spiro atoms. The van der Waals surface area contributed by atoms with Crippen LogP contribution < -0.4 is 10.6 Å². The lowest BCUT2D eigenvalue weighted by molar-refractivity contribution is 0.0782. The van der Waals surface area contributed by atoms with Crippen LogP contribution in [0.3, 0.4) is 0 Å². The fraction of sp³-hybridized carbons (Fsp3) is 0.667. The van der Waals surface area contributed by atoms with E-state index in [9.17, 15) is 4.79 Å². The molecule has 110 valence electrons. The molecule has 1 unspecified atom stereocenters. The number of methoxy groups -OCH3 is 1. The summed E-state index contributed by atoms with van der Waals surface area (Å²) < 4.78 is 5.38. The van der Waals surface area contributed by atoms with E-state index in [2.05, 4.69) is 16.7 Å². The van der Waals surface area contributed by atoms with E-state index < -0.39 is 0 Å². The summed E-state index contributed by atoms with van der Waals surface area (Å²) in [5, 5.41) is 6.36. The zero-order valence-corrected chi connectivity index (χ0v) is 12.7. The molecular formula is C15H22N2O2S. The summed E-state index contributed by atoms with van der Waals surface area (Å²) in [6.45, 7) is 1.59. The highest BCUT2D eigenvalue weighted by molar-refractivity contribution is 7.14. The average molecular weight is 294 g/mol. The molecule has 2 aliphatic rings. The molecular weight excluding hydrogens is 272 g/mol. The lowest BCUT2D eigenvalue weighted by Crippen LogP contribution is -2.43. The van der Waals surface area contributed by atoms with Gasteiger partial charge >= 0.3 is 0 Å². The number of amides is 1. The van der Waals surface area contributed by atoms with Crippen molar-refractivity contribution < 1.29 is 9.53 Å². The minimum atomic E-state index is 0.0545. The maximum absolute atomic E-state index is 12.4. The van der Waals surface area contributed by atoms with E-state index in [0.717, 1.165) is 30.8 Å². The number of ether oxygens (including phenoxy) is 1. The van der Waals surface area contributed by atoms with Crippen molar-refractivity contribution in [3.05, 3.63) is 21.4 Å². The van der Waals surface area contributed by atoms with Crippen molar-refractivity contribution in [1.29, 1.82) is 0 Å². The summed E-state index contributed by atoms with van der Waals surface area (Å²) in [6, 6.07) is 2.18. The lowest BCUT2D eigenvalue weighted by atomic mass is 10.1. The number of carbonyl (C=O) groups is 1. The molecule has 0 aromatic carbocycles. The van der Waals surface area contributed by atoms with Crippen LogP contribution in [0.15, 0.2) is 6.07 Å². The van der Waals surface area contributed by atoms with Crippen molar-refractivity contribution in [3.63, 3.8) is 0 Å². The molecule has 1 amide bonds. The van der Waals surface area contributed by atoms with E-state index in [1.54, 1.807) is 18.4 Å². The Morgan fingerprint density at radius 3 is 3.05 bits per heavy atom. The molecule has 1 aliphatic carbocycles. The number of aryl methyl sites for hydroxylation is 2. The van der Waals surface area contributed by atoms with Gasteiger partial charge in [-0.2, -0.15) is 0 Å². The Morgan fingerprint density at radius 1 is 1.35 bits per heavy atom. The maximum Gasteiger partial charge on any atom is 0.261 e. The number of thiophene rings is 1. The smallest absolute Gasteiger partial charge is 0.261 e. The van der Waals surface area contributed by atoms with Crippen LogP contribution in [-0.4, -0.2) is 38.3 Å². The molecule has 3 rings (SSSR count). The number of rotatable bonds is 3. The molecule has 1 aromatic heterocycles. The van der Waals surface area contributed by atoms with Crippen LogP contribution in [-0.2, 0) is 17.6 Å². The second kappa shape index (κ2) is 6.24. The van der Waals surface area contributed by atoms with Gasteiger partial charge in [-0.15, -0.1) is 11.3 Å². The summed E-state index contributed by atoms with van der Waals surface area (Å²) in [5.41, 5.74) is 1.39. The summed E-state index contributed by atoms with van der Waals surface area (Å²) in [7, 11) is 1.70. The normalized spacial score (nSPS) is 26.1. The molecule has 1 saturated heterocycles. The molecule has 1 aromatic rings. The zero-order chi connectivity index (χ0) is 13.9. The zero-order valence-electron chi connectivity index (χ0n) is 11.9. The van der Waals surface area contributed by atoms with Gasteiger partial charge in [-0.05, 0) is 37.3 Å². The molecule has 2 heterocycles. The molecule has 4 nitrogen and oxygen atoms in total. The van der Waals surface area contributed by atoms with Gasteiger partial charge in [-0.1, -0.05) is 6.42 Å². The van der Waals surface area contributed by atoms with Crippen LogP contribution >= 0.6 is 11.3 Å². The van der Waals surface area contributed by atoms with Crippen molar-refractivity contribution in [1.82, 2.24) is 10.6 Å². The van der Waals surface area contributed by atoms with Crippen molar-refractivity contribution in [2.45, 2.75) is 44.2 Å². The molecule has 0 radical (unpaired) electrons. The third-order valence-electron chi connectivity index (χ3n) is 4.25. The van der Waals surface area contributed by atoms with E-state index in [4.69, 9.17) is 4.74 Å². The Bertz CT molecular complexity index is 463. The van der Waals surface area contributed by atoms with Gasteiger partial charge in [0.05, 0.1) is 17.0 Å². The topological polar surface area (TPSA) is 50.4 Å². The first-order valence-electron chi connectivity index (χ1n) is 7.44. The van der Waals surface area contributed by atoms with Crippen LogP contribution in [0.25, 0.3) is 0 Å². The number of carbonyl (C=O) groups excluding carboxylic acids is 1. The number of fused-ring (bicyclic) bond motifs is 1. The van der Waals surface area contributed by atoms with Gasteiger partial charge in [-0.3, -0.25) is 4.79 Å². The van der Waals surface area contributed by atoms with Gasteiger partial charge < -0.3 is 15.4 Å². The van der Waals surface area contributed by atoms with Gasteiger partial charge in [0.2, 0.25) is 0 Å². The van der Waals surface area contributed by atoms with Crippen LogP contribution in [0.2, 0.25) is 0 Å². The average Bonchev–Trinajstić information content (AvgIpc) is 3.00. The van der Waals surface area contributed by atoms with E-state index in [0.29, 0.717) is 0 Å². The van der Waals surface area contributed by atoms with Crippen molar-refractivity contribution in [2.24, 2.45) is 0 Å². The highest BCUT2D eigenvalue weighted by atomic mass is 32.1. The molecule has 2 N–H and O–H groups in total. The molecule has 5 heteroatoms. The van der Waals surface area contributed by atoms with Crippen molar-refractivity contribution in [3.8, 4) is 0 Å². The monoisotopic (exact) mass is 294 g/mol. The van der Waals surface area contributed by atoms with E-state index in [1.165, 1.54) is 29.7 Å². The summed E-state index contributed by atoms with van der Waals surface area (Å²) in [4.78, 5) is 14.7. The molecule has 1 aliphatic heterocycles. The first-order valence-corrected chi connectivity index (χ1v) is 8.25. The van der Waals surface area contributed by atoms with Crippen LogP contribution in [0.1, 0.15) is 39.4 Å². The van der Waals surface area contributed by atoms with E-state index in [-0.39, 0.29) is 18.1 Å². The van der Waals surface area contributed by atoms with Crippen LogP contribution in [0, 0.1) is 0 Å². The molecule has 1 fully saturated rings. The van der Waals surface area contributed by atoms with Crippen molar-refractivity contribution >= 4 is 17.2 Å². The second-order valence-electron chi connectivity index (χ2n) is 5.63. The van der Waals surface area contributed by atoms with E-state index in [1.807, 2.05) is 0 Å². The summed E-state index contributed by atoms with van der Waals surface area (Å²) in [5.74, 6) is 0.0545. The third-order valence-corrected chi connectivity index (χ3v) is 5.48. The van der Waals surface area contributed by atoms with Crippen LogP contribution in [0.5, 0.6) is 0 Å². The quantitative estimate of drug-likeness (QED) is 0.835. The fourth-order valence-corrected chi connectivity index (χ4v) is 4.22. The SMILES string of the molecule is CO[C@H]1CNCC1NC(=O)c1cc2c(s1)CCCCC2. The Morgan fingerprint density at radius 2 is 2.20 bits per heavy atom. The first-order chi connectivity index (χ1) is 9.78. The third kappa shape index (κ3) is 2.90. The highest BCUT2D eigenvalue weighted by Crippen LogP contribution is 2.29. The Kier molecular flexibility index (Phi) is 4.38. The van der Waals surface area contributed by atoms with Crippen LogP contribution in [0.4, 0.5) is 0 Å². The lowest BCUT2D eigenvalue weighted by Gasteiger charge is -2.17. The van der Waals surface area contributed by atoms with Gasteiger partial charge in [-0.25, -0.2) is 0 Å². The van der Waals surface area contributed by atoms with Gasteiger partial charge in [0.1, 0.15) is 0 Å². The molecule has 2 atom stereocenters. The number of nitrogens with one attached hydrogen (secondary N) is 2. The predicted molar refractivity (Wildman–Crippen MR) is 80.5 cm³/mol. The number of hydrogen-bond acceptors (Lipinski definition) is 4. The minimum absolute atomic E-state index is 0.0545. The molecule has 0 saturated carbocycles. The standard InChI is InChI=1S/C15H22N2O2S/c1-19-12-9-16-8-11(12)17-15(18)14-7-10-5-3-2-4-6-13(10)20-14/h7,11-12,16H,2-6,8-9H2,1H3,(H,17,18)/t11?,12-/m0/s1. The molecule has 0 bridgehead atoms. The summed E-state index contributed by atoms with van der Waals surface area (Å²) in [6.07, 6.45) is 6.17. The van der Waals surface area contributed by atoms with Crippen molar-refractivity contribution in [2.75, 3.05) is 20.2 Å². The first kappa shape index (κ1) is 14.0. The Balaban J connectivity index is 1.68. The van der Waals surface area contributed by atoms with E-state index >= 15 is 0 Å². The second-order valence-corrected chi connectivity index (χ2v) is 6.77. The Labute approximate surface area is 123 Å². The highest BCUT2D eigenvalue weighted by Gasteiger charge is 2.29. The van der Waals surface area contributed by atoms with Gasteiger partial charge in [0.25, 0.3) is 5.91 Å². The largest absolute Gasteiger partial charge is 0.378 e. The fourth-order valence-electron chi connectivity index (χ4n) is 3.07. The maximum atomic E-state index is 12.4.